The minimum Gasteiger partial charge on any atom is -0.400 e. The van der Waals surface area contributed by atoms with E-state index in [1.54, 1.807) is 5.12 Å². The number of carbonyl (C=O) groups excluding carboxylic acids is 1. The molecule has 5 rings (SSSR count). The molecule has 3 N–H and O–H groups in total. The van der Waals surface area contributed by atoms with Crippen molar-refractivity contribution in [1.29, 1.82) is 0 Å². The van der Waals surface area contributed by atoms with E-state index in [9.17, 15) is 4.79 Å². The SMILES string of the molecule is CC1=NNN(CC(=O)C2CCC3C4CCC5CC(C)CCC5(C)C4CCC23C)N1.CO.[HH]. The van der Waals surface area contributed by atoms with Crippen LogP contribution in [-0.4, -0.2) is 35.5 Å². The molecule has 0 aromatic heterocycles. The van der Waals surface area contributed by atoms with Crippen molar-refractivity contribution in [3.63, 3.8) is 0 Å². The average Bonchev–Trinajstić information content (AvgIpc) is 3.32. The van der Waals surface area contributed by atoms with Gasteiger partial charge in [-0.15, -0.1) is 10.2 Å². The minimum atomic E-state index is 0. The lowest BCUT2D eigenvalue weighted by Gasteiger charge is -2.61. The number of amidine groups is 1. The molecule has 4 fully saturated rings. The summed E-state index contributed by atoms with van der Waals surface area (Å²) in [6.45, 7) is 9.89. The molecule has 1 aliphatic heterocycles. The standard InChI is InChI=1S/C24H40N4O.CH4O.H2/c1-15-9-11-23(3)17(13-15)5-6-18-19-7-8-21(24(19,4)12-10-20(18)23)22(29)14-28-26-16(2)25-27-28;1-2;/h15,17-21,27H,5-14H2,1-4H3,(H,25,26);2H,1H3;1H. The maximum Gasteiger partial charge on any atom is 0.154 e. The summed E-state index contributed by atoms with van der Waals surface area (Å²) >= 11 is 0. The second-order valence-corrected chi connectivity index (χ2v) is 11.7. The summed E-state index contributed by atoms with van der Waals surface area (Å²) in [6.07, 6.45) is 12.1. The molecule has 178 valence electrons. The van der Waals surface area contributed by atoms with Crippen LogP contribution in [-0.2, 0) is 4.79 Å². The molecule has 0 radical (unpaired) electrons. The number of Topliss-reactive ketones (excluding diaryl/α,β-unsaturated/α-hetero) is 1. The van der Waals surface area contributed by atoms with E-state index in [0.29, 0.717) is 17.7 Å². The first-order chi connectivity index (χ1) is 14.8. The maximum atomic E-state index is 13.3. The first kappa shape index (κ1) is 23.0. The zero-order valence-electron chi connectivity index (χ0n) is 20.3. The minimum absolute atomic E-state index is 0. The van der Waals surface area contributed by atoms with Gasteiger partial charge in [0.25, 0.3) is 0 Å². The molecular formula is C25H46N4O2. The fourth-order valence-electron chi connectivity index (χ4n) is 8.72. The number of aliphatic hydroxyl groups excluding tert-OH is 1. The Kier molecular flexibility index (Phi) is 6.43. The first-order valence-electron chi connectivity index (χ1n) is 12.6. The second kappa shape index (κ2) is 8.66. The number of carbonyl (C=O) groups is 1. The van der Waals surface area contributed by atoms with Crippen molar-refractivity contribution in [2.24, 2.45) is 51.4 Å². The molecule has 5 aliphatic rings. The van der Waals surface area contributed by atoms with Crippen molar-refractivity contribution in [2.75, 3.05) is 13.7 Å². The zero-order valence-corrected chi connectivity index (χ0v) is 20.3. The topological polar surface area (TPSA) is 77.0 Å². The summed E-state index contributed by atoms with van der Waals surface area (Å²) in [5.41, 5.74) is 6.82. The number of nitrogens with zero attached hydrogens (tertiary/aromatic N) is 2. The molecular weight excluding hydrogens is 388 g/mol. The lowest BCUT2D eigenvalue weighted by atomic mass is 9.44. The third kappa shape index (κ3) is 3.82. The Bertz CT molecular complexity index is 718. The van der Waals surface area contributed by atoms with E-state index in [1.165, 1.54) is 51.4 Å². The van der Waals surface area contributed by atoms with Crippen LogP contribution in [0.2, 0.25) is 0 Å². The zero-order chi connectivity index (χ0) is 22.4. The molecule has 4 aliphatic carbocycles. The molecule has 8 unspecified atom stereocenters. The van der Waals surface area contributed by atoms with Gasteiger partial charge in [-0.25, -0.2) is 5.53 Å². The first-order valence-corrected chi connectivity index (χ1v) is 12.6. The van der Waals surface area contributed by atoms with Crippen LogP contribution in [0.4, 0.5) is 0 Å². The predicted molar refractivity (Wildman–Crippen MR) is 126 cm³/mol. The summed E-state index contributed by atoms with van der Waals surface area (Å²) in [6, 6.07) is 0. The molecule has 4 saturated carbocycles. The highest BCUT2D eigenvalue weighted by Crippen LogP contribution is 2.67. The van der Waals surface area contributed by atoms with Gasteiger partial charge in [-0.1, -0.05) is 27.2 Å². The van der Waals surface area contributed by atoms with Crippen molar-refractivity contribution in [2.45, 2.75) is 85.5 Å². The largest absolute Gasteiger partial charge is 0.400 e. The van der Waals surface area contributed by atoms with Crippen molar-refractivity contribution in [3.05, 3.63) is 0 Å². The number of aliphatic hydroxyl groups is 1. The molecule has 31 heavy (non-hydrogen) atoms. The molecule has 0 aromatic carbocycles. The third-order valence-electron chi connectivity index (χ3n) is 10.3. The summed E-state index contributed by atoms with van der Waals surface area (Å²) < 4.78 is 0. The quantitative estimate of drug-likeness (QED) is 0.615. The van der Waals surface area contributed by atoms with E-state index in [4.69, 9.17) is 5.11 Å². The molecule has 0 bridgehead atoms. The molecule has 0 spiro atoms. The molecule has 0 saturated heterocycles. The third-order valence-corrected chi connectivity index (χ3v) is 10.3. The van der Waals surface area contributed by atoms with Gasteiger partial charge in [-0.2, -0.15) is 0 Å². The van der Waals surface area contributed by atoms with Gasteiger partial charge in [0, 0.05) is 14.5 Å². The van der Waals surface area contributed by atoms with Crippen molar-refractivity contribution in [3.8, 4) is 0 Å². The fraction of sp³-hybridized carbons (Fsp3) is 0.920. The summed E-state index contributed by atoms with van der Waals surface area (Å²) in [5, 5.41) is 12.9. The number of rotatable bonds is 3. The van der Waals surface area contributed by atoms with Gasteiger partial charge in [0.1, 0.15) is 5.84 Å². The average molecular weight is 435 g/mol. The van der Waals surface area contributed by atoms with E-state index in [0.717, 1.165) is 49.0 Å². The van der Waals surface area contributed by atoms with E-state index in [1.807, 2.05) is 6.92 Å². The number of fused-ring (bicyclic) bond motifs is 5. The number of nitrogens with one attached hydrogen (secondary N) is 2. The van der Waals surface area contributed by atoms with Crippen LogP contribution in [0.3, 0.4) is 0 Å². The van der Waals surface area contributed by atoms with Crippen molar-refractivity contribution >= 4 is 11.6 Å². The number of hydrogen-bond acceptors (Lipinski definition) is 6. The molecule has 6 nitrogen and oxygen atoms in total. The number of hydrogen-bond donors (Lipinski definition) is 3. The Balaban J connectivity index is 0.000000938. The molecule has 0 aromatic rings. The normalized spacial score (nSPS) is 46.3. The van der Waals surface area contributed by atoms with Gasteiger partial charge < -0.3 is 5.11 Å². The Labute approximate surface area is 190 Å². The fourth-order valence-corrected chi connectivity index (χ4v) is 8.72. The van der Waals surface area contributed by atoms with E-state index in [-0.39, 0.29) is 12.8 Å². The van der Waals surface area contributed by atoms with Crippen LogP contribution in [0.25, 0.3) is 0 Å². The molecule has 1 heterocycles. The predicted octanol–water partition coefficient (Wildman–Crippen LogP) is 4.36. The van der Waals surface area contributed by atoms with Gasteiger partial charge in [0.05, 0.1) is 6.54 Å². The summed E-state index contributed by atoms with van der Waals surface area (Å²) in [4.78, 5) is 13.3. The Hall–Kier alpha value is -1.14. The van der Waals surface area contributed by atoms with Crippen LogP contribution < -0.4 is 11.0 Å². The maximum absolute atomic E-state index is 13.3. The molecule has 6 heteroatoms. The van der Waals surface area contributed by atoms with Crippen LogP contribution in [0, 0.1) is 46.3 Å². The second-order valence-electron chi connectivity index (χ2n) is 11.7. The van der Waals surface area contributed by atoms with E-state index in [2.05, 4.69) is 36.8 Å². The monoisotopic (exact) mass is 434 g/mol. The lowest BCUT2D eigenvalue weighted by Crippen LogP contribution is -2.54. The summed E-state index contributed by atoms with van der Waals surface area (Å²) in [7, 11) is 1.00. The number of hydrazone groups is 1. The number of ketones is 1. The van der Waals surface area contributed by atoms with Crippen LogP contribution in [0.15, 0.2) is 5.10 Å². The van der Waals surface area contributed by atoms with Gasteiger partial charge in [-0.3, -0.25) is 10.2 Å². The van der Waals surface area contributed by atoms with Crippen molar-refractivity contribution in [1.82, 2.24) is 16.1 Å². The van der Waals surface area contributed by atoms with Gasteiger partial charge in [0.2, 0.25) is 0 Å². The van der Waals surface area contributed by atoms with E-state index >= 15 is 0 Å². The van der Waals surface area contributed by atoms with Crippen molar-refractivity contribution < 1.29 is 11.3 Å². The van der Waals surface area contributed by atoms with Gasteiger partial charge in [0.15, 0.2) is 5.78 Å². The number of hydrazine groups is 2. The highest BCUT2D eigenvalue weighted by molar-refractivity contribution is 5.85. The highest BCUT2D eigenvalue weighted by Gasteiger charge is 2.61. The van der Waals surface area contributed by atoms with Crippen LogP contribution in [0.1, 0.15) is 86.9 Å². The Morgan fingerprint density at radius 1 is 1.10 bits per heavy atom. The Morgan fingerprint density at radius 2 is 1.81 bits per heavy atom. The van der Waals surface area contributed by atoms with Gasteiger partial charge in [-0.05, 0) is 98.7 Å². The molecule has 0 amide bonds. The van der Waals surface area contributed by atoms with Gasteiger partial charge >= 0.3 is 0 Å². The smallest absolute Gasteiger partial charge is 0.154 e. The Morgan fingerprint density at radius 3 is 2.52 bits per heavy atom. The lowest BCUT2D eigenvalue weighted by molar-refractivity contribution is -0.138. The molecule has 8 atom stereocenters. The van der Waals surface area contributed by atoms with Crippen LogP contribution in [0.5, 0.6) is 0 Å². The van der Waals surface area contributed by atoms with E-state index < -0.39 is 0 Å². The summed E-state index contributed by atoms with van der Waals surface area (Å²) in [5.74, 6) is 5.82. The van der Waals surface area contributed by atoms with Crippen LogP contribution >= 0.6 is 0 Å². The highest BCUT2D eigenvalue weighted by atomic mass is 16.2.